The van der Waals surface area contributed by atoms with Gasteiger partial charge in [0.05, 0.1) is 49.1 Å². The largest absolute Gasteiger partial charge is 0.496 e. The molecule has 17 nitrogen and oxygen atoms in total. The summed E-state index contributed by atoms with van der Waals surface area (Å²) in [6, 6.07) is 4.82. The molecule has 0 amide bonds. The Bertz CT molecular complexity index is 2200. The summed E-state index contributed by atoms with van der Waals surface area (Å²) >= 11 is 12.1. The molecule has 0 fully saturated rings. The third-order valence-electron chi connectivity index (χ3n) is 6.76. The van der Waals surface area contributed by atoms with Crippen LogP contribution in [0.25, 0.3) is 16.9 Å². The van der Waals surface area contributed by atoms with Gasteiger partial charge in [-0.1, -0.05) is 23.2 Å². The second-order valence-electron chi connectivity index (χ2n) is 10.1. The zero-order valence-electron chi connectivity index (χ0n) is 28.2. The summed E-state index contributed by atoms with van der Waals surface area (Å²) in [6.07, 6.45) is 0. The van der Waals surface area contributed by atoms with E-state index in [1.807, 2.05) is 0 Å². The van der Waals surface area contributed by atoms with Crippen molar-refractivity contribution in [1.29, 1.82) is 0 Å². The Morgan fingerprint density at radius 3 is 2.23 bits per heavy atom. The molecule has 0 aliphatic rings. The molecule has 0 radical (unpaired) electrons. The highest BCUT2D eigenvalue weighted by Gasteiger charge is 2.24. The van der Waals surface area contributed by atoms with E-state index < -0.39 is 47.1 Å². The molecule has 0 saturated heterocycles. The number of hydrogen-bond donors (Lipinski definition) is 1. The maximum atomic E-state index is 14.6. The van der Waals surface area contributed by atoms with E-state index in [-0.39, 0.29) is 68.2 Å². The number of aromatic nitrogens is 6. The van der Waals surface area contributed by atoms with Gasteiger partial charge in [0.2, 0.25) is 11.0 Å². The van der Waals surface area contributed by atoms with E-state index in [2.05, 4.69) is 24.9 Å². The van der Waals surface area contributed by atoms with Gasteiger partial charge in [-0.3, -0.25) is 15.1 Å². The smallest absolute Gasteiger partial charge is 0.367 e. The van der Waals surface area contributed by atoms with Crippen molar-refractivity contribution in [3.05, 3.63) is 83.9 Å². The lowest BCUT2D eigenvalue weighted by atomic mass is 10.2. The first kappa shape index (κ1) is 39.0. The molecule has 0 atom stereocenters. The van der Waals surface area contributed by atoms with Crippen LogP contribution in [0.5, 0.6) is 29.0 Å². The summed E-state index contributed by atoms with van der Waals surface area (Å²) in [4.78, 5) is 53.1. The van der Waals surface area contributed by atoms with Gasteiger partial charge >= 0.3 is 17.3 Å². The van der Waals surface area contributed by atoms with Crippen molar-refractivity contribution in [2.45, 2.75) is 27.4 Å². The minimum Gasteiger partial charge on any atom is -0.496 e. The van der Waals surface area contributed by atoms with Crippen molar-refractivity contribution in [1.82, 2.24) is 29.5 Å². The van der Waals surface area contributed by atoms with Crippen LogP contribution in [0.1, 0.15) is 24.1 Å². The number of aromatic amines is 1. The average molecular weight is 769 g/mol. The number of halogens is 4. The Labute approximate surface area is 302 Å². The van der Waals surface area contributed by atoms with Gasteiger partial charge in [0.1, 0.15) is 29.5 Å². The molecule has 0 aliphatic heterocycles. The van der Waals surface area contributed by atoms with E-state index in [0.717, 1.165) is 6.07 Å². The number of esters is 1. The number of ether oxygens (including phenoxy) is 6. The molecular weight excluding hydrogens is 739 g/mol. The van der Waals surface area contributed by atoms with Crippen molar-refractivity contribution in [3.8, 4) is 34.7 Å². The molecule has 0 bridgehead atoms. The van der Waals surface area contributed by atoms with Crippen molar-refractivity contribution < 1.29 is 46.9 Å². The van der Waals surface area contributed by atoms with E-state index in [9.17, 15) is 28.5 Å². The molecule has 276 valence electrons. The Morgan fingerprint density at radius 2 is 1.60 bits per heavy atom. The molecule has 0 aliphatic carbocycles. The normalized spacial score (nSPS) is 10.7. The van der Waals surface area contributed by atoms with E-state index in [0.29, 0.717) is 11.6 Å². The molecular formula is C31H29Cl2F2N7O10. The molecule has 5 rings (SSSR count). The summed E-state index contributed by atoms with van der Waals surface area (Å²) in [7, 11) is 3.97. The topological polar surface area (TPSA) is 205 Å². The highest BCUT2D eigenvalue weighted by molar-refractivity contribution is 6.32. The predicted molar refractivity (Wildman–Crippen MR) is 180 cm³/mol. The lowest BCUT2D eigenvalue weighted by Gasteiger charge is -2.17. The zero-order chi connectivity index (χ0) is 38.3. The molecule has 3 aromatic heterocycles. The number of aryl methyl sites for hydroxylation is 2. The molecule has 21 heteroatoms. The van der Waals surface area contributed by atoms with Crippen LogP contribution < -0.4 is 29.4 Å². The van der Waals surface area contributed by atoms with Crippen LogP contribution in [0.2, 0.25) is 10.2 Å². The molecule has 0 saturated carbocycles. The van der Waals surface area contributed by atoms with Crippen molar-refractivity contribution in [3.63, 3.8) is 0 Å². The average Bonchev–Trinajstić information content (AvgIpc) is 3.42. The Balaban J connectivity index is 0.000000392. The number of nitro groups is 1. The number of hydrogen-bond acceptors (Lipinski definition) is 14. The first-order chi connectivity index (χ1) is 24.7. The second kappa shape index (κ2) is 16.9. The van der Waals surface area contributed by atoms with E-state index >= 15 is 0 Å². The number of rotatable bonds is 12. The van der Waals surface area contributed by atoms with E-state index in [1.54, 1.807) is 20.8 Å². The predicted octanol–water partition coefficient (Wildman–Crippen LogP) is 5.24. The van der Waals surface area contributed by atoms with Gasteiger partial charge < -0.3 is 28.4 Å². The van der Waals surface area contributed by atoms with Gasteiger partial charge in [-0.2, -0.15) is 9.97 Å². The van der Waals surface area contributed by atoms with Crippen molar-refractivity contribution >= 4 is 46.0 Å². The maximum Gasteiger partial charge on any atom is 0.367 e. The minimum absolute atomic E-state index is 0.0222. The second-order valence-corrected chi connectivity index (χ2v) is 10.9. The van der Waals surface area contributed by atoms with Crippen LogP contribution in [0.4, 0.5) is 14.5 Å². The maximum absolute atomic E-state index is 14.6. The molecule has 5 aromatic rings. The standard InChI is InChI=1S/C25H23ClF2N4O7.C6H6ClN3O3/c1-5-37-20(33)11-39-18-8-14(26)16(32-23-22(31-25(32)34)24(36-4)30-12(2)29-23)9-19(18)38-10-13-17(35-3)7-6-15(27)21(13)28;1-3-8-5(7)4(10(11)12)6(9-3)13-2/h6-9H,5,10-11H2,1-4H3,(H,31,34);1-2H3. The number of benzene rings is 2. The van der Waals surface area contributed by atoms with Crippen molar-refractivity contribution in [2.75, 3.05) is 34.5 Å². The first-order valence-electron chi connectivity index (χ1n) is 14.8. The lowest BCUT2D eigenvalue weighted by molar-refractivity contribution is -0.386. The van der Waals surface area contributed by atoms with Gasteiger partial charge in [-0.25, -0.2) is 32.9 Å². The molecule has 3 heterocycles. The van der Waals surface area contributed by atoms with Gasteiger partial charge in [-0.15, -0.1) is 0 Å². The van der Waals surface area contributed by atoms with Gasteiger partial charge in [-0.05, 0) is 32.9 Å². The number of imidazole rings is 1. The molecule has 0 unspecified atom stereocenters. The Kier molecular flexibility index (Phi) is 12.7. The van der Waals surface area contributed by atoms with Crippen LogP contribution in [0.15, 0.2) is 29.1 Å². The monoisotopic (exact) mass is 767 g/mol. The SMILES string of the molecule is CCOC(=O)COc1cc(Cl)c(-n2c(=O)[nH]c3c(OC)nc(C)nc32)cc1OCc1c(OC)ccc(F)c1F.COc1nc(C)nc(Cl)c1[N+](=O)[O-]. The number of H-pyrrole nitrogens is 1. The minimum atomic E-state index is -1.16. The molecule has 2 aromatic carbocycles. The number of methoxy groups -OCH3 is 3. The lowest BCUT2D eigenvalue weighted by Crippen LogP contribution is -2.17. The van der Waals surface area contributed by atoms with Crippen LogP contribution >= 0.6 is 23.2 Å². The van der Waals surface area contributed by atoms with Crippen LogP contribution in [-0.2, 0) is 16.1 Å². The fourth-order valence-corrected chi connectivity index (χ4v) is 5.06. The van der Waals surface area contributed by atoms with E-state index in [1.165, 1.54) is 44.1 Å². The van der Waals surface area contributed by atoms with Crippen molar-refractivity contribution in [2.24, 2.45) is 0 Å². The van der Waals surface area contributed by atoms with Gasteiger partial charge in [0.15, 0.2) is 35.4 Å². The third-order valence-corrected chi connectivity index (χ3v) is 7.32. The number of nitrogens with one attached hydrogen (secondary N) is 1. The summed E-state index contributed by atoms with van der Waals surface area (Å²) in [5, 5.41) is 10.3. The zero-order valence-corrected chi connectivity index (χ0v) is 29.7. The number of carbonyl (C=O) groups is 1. The molecule has 52 heavy (non-hydrogen) atoms. The summed E-state index contributed by atoms with van der Waals surface area (Å²) in [5.41, 5.74) is -0.735. The van der Waals surface area contributed by atoms with Crippen LogP contribution in [0, 0.1) is 35.6 Å². The van der Waals surface area contributed by atoms with Crippen LogP contribution in [-0.4, -0.2) is 74.9 Å². The quantitative estimate of drug-likeness (QED) is 0.0746. The summed E-state index contributed by atoms with van der Waals surface area (Å²) in [6.45, 7) is 3.97. The Hall–Kier alpha value is -5.82. The number of fused-ring (bicyclic) bond motifs is 1. The third kappa shape index (κ3) is 8.55. The molecule has 0 spiro atoms. The number of carbonyl (C=O) groups excluding carboxylic acids is 1. The van der Waals surface area contributed by atoms with Crippen LogP contribution in [0.3, 0.4) is 0 Å². The first-order valence-corrected chi connectivity index (χ1v) is 15.5. The Morgan fingerprint density at radius 1 is 0.942 bits per heavy atom. The fourth-order valence-electron chi connectivity index (χ4n) is 4.55. The highest BCUT2D eigenvalue weighted by Crippen LogP contribution is 2.38. The summed E-state index contributed by atoms with van der Waals surface area (Å²) in [5.74, 6) is -2.28. The summed E-state index contributed by atoms with van der Waals surface area (Å²) < 4.78 is 61.0. The molecule has 1 N–H and O–H groups in total. The number of nitrogens with zero attached hydrogens (tertiary/aromatic N) is 6. The van der Waals surface area contributed by atoms with Gasteiger partial charge in [0.25, 0.3) is 5.88 Å². The van der Waals surface area contributed by atoms with Gasteiger partial charge in [0, 0.05) is 12.1 Å². The van der Waals surface area contributed by atoms with E-state index in [4.69, 9.17) is 51.6 Å². The fraction of sp³-hybridized carbons (Fsp3) is 0.290. The highest BCUT2D eigenvalue weighted by atomic mass is 35.5.